The number of imidazole rings is 1. The minimum Gasteiger partial charge on any atom is -0.388 e. The van der Waals surface area contributed by atoms with Gasteiger partial charge in [0.05, 0.1) is 24.4 Å². The fraction of sp³-hybridized carbons (Fsp3) is 0.522. The summed E-state index contributed by atoms with van der Waals surface area (Å²) in [5, 5.41) is 12.0. The van der Waals surface area contributed by atoms with E-state index in [0.29, 0.717) is 11.0 Å². The van der Waals surface area contributed by atoms with Crippen LogP contribution in [0.2, 0.25) is 0 Å². The lowest BCUT2D eigenvalue weighted by Crippen LogP contribution is -2.37. The molecule has 0 aromatic carbocycles. The number of nitrogen functional groups attached to an aromatic ring is 2. The van der Waals surface area contributed by atoms with E-state index in [9.17, 15) is 19.4 Å². The number of hydrogen-bond acceptors (Lipinski definition) is 16. The number of H-pyrrole nitrogens is 1. The van der Waals surface area contributed by atoms with E-state index in [4.69, 9.17) is 50.8 Å². The summed E-state index contributed by atoms with van der Waals surface area (Å²) in [6.45, 7) is -4.58. The topological polar surface area (TPSA) is 259 Å². The Morgan fingerprint density at radius 3 is 2.82 bits per heavy atom. The van der Waals surface area contributed by atoms with Gasteiger partial charge in [0.2, 0.25) is 5.95 Å². The first kappa shape index (κ1) is 30.6. The molecule has 0 radical (unpaired) electrons. The second-order valence-electron chi connectivity index (χ2n) is 10.7. The molecule has 19 nitrogen and oxygen atoms in total. The van der Waals surface area contributed by atoms with Crippen LogP contribution in [0.1, 0.15) is 18.7 Å². The first-order chi connectivity index (χ1) is 21.5. The predicted octanol–water partition coefficient (Wildman–Crippen LogP) is 0.255. The van der Waals surface area contributed by atoms with Crippen molar-refractivity contribution in [1.29, 1.82) is 0 Å². The summed E-state index contributed by atoms with van der Waals surface area (Å²) in [7, 11) is -1.41. The zero-order chi connectivity index (χ0) is 31.6. The zero-order valence-electron chi connectivity index (χ0n) is 23.4. The standard InChI is InChI=1S/C23H27N9O10P2S/c1-37-16-12-6-38-43(35)41-15-9(4-11(14(15)33)31-3-2-10-18(24)26-7-27-19(10)31)5-39-44(36,45)42-17(16)22(40-12)32-8-28-13-20(32)29-23(25)30-21(13)34/h2-3,7-9,11-12,14-17,22,33H,4-6H2,1H3,(H5-,24,25,26,27,29,30,34,36,45)/p+1/t9-,11-,12-,14+,15-,16-,17-,22-,44?/m1/s1. The van der Waals surface area contributed by atoms with Gasteiger partial charge in [-0.2, -0.15) is 4.98 Å². The van der Waals surface area contributed by atoms with Crippen molar-refractivity contribution in [2.75, 3.05) is 31.8 Å². The number of rotatable bonds is 3. The van der Waals surface area contributed by atoms with Crippen LogP contribution in [0.25, 0.3) is 22.2 Å². The SMILES string of the molecule is CO[C@H]1[C@H]2OP(O)(=S)OC[C@H]3C[C@@H](n4ccc5c(N)ncnc54)[C@H](O)[C@@H]3O[P+](=O)OC[C@H]1O[C@H]2n1cnc2c(=O)[nH]c(N)nc21. The first-order valence-corrected chi connectivity index (χ1v) is 17.3. The third-order valence-electron chi connectivity index (χ3n) is 8.18. The Bertz CT molecular complexity index is 1890. The predicted molar refractivity (Wildman–Crippen MR) is 158 cm³/mol. The number of aromatic nitrogens is 7. The van der Waals surface area contributed by atoms with Crippen molar-refractivity contribution in [3.05, 3.63) is 35.3 Å². The summed E-state index contributed by atoms with van der Waals surface area (Å²) < 4.78 is 51.2. The highest BCUT2D eigenvalue weighted by Gasteiger charge is 2.54. The lowest BCUT2D eigenvalue weighted by atomic mass is 10.1. The molecular weight excluding hydrogens is 656 g/mol. The van der Waals surface area contributed by atoms with E-state index in [1.54, 1.807) is 16.8 Å². The molecular formula is C23H28N9O10P2S+. The van der Waals surface area contributed by atoms with Gasteiger partial charge in [-0.05, 0) is 24.3 Å². The number of aliphatic hydroxyl groups is 1. The van der Waals surface area contributed by atoms with Gasteiger partial charge in [0.15, 0.2) is 17.4 Å². The Balaban J connectivity index is 1.20. The van der Waals surface area contributed by atoms with Crippen LogP contribution in [-0.2, 0) is 43.9 Å². The van der Waals surface area contributed by atoms with E-state index in [1.807, 2.05) is 0 Å². The second kappa shape index (κ2) is 11.7. The second-order valence-corrected chi connectivity index (χ2v) is 14.4. The number of fused-ring (bicyclic) bond motifs is 5. The Morgan fingerprint density at radius 2 is 2.02 bits per heavy atom. The minimum absolute atomic E-state index is 0.0178. The molecule has 4 aromatic heterocycles. The highest BCUT2D eigenvalue weighted by atomic mass is 32.5. The third-order valence-corrected chi connectivity index (χ3v) is 10.5. The maximum absolute atomic E-state index is 13.1. The number of methoxy groups -OCH3 is 1. The summed E-state index contributed by atoms with van der Waals surface area (Å²) in [6, 6.07) is 1.14. The number of nitrogens with one attached hydrogen (secondary N) is 1. The van der Waals surface area contributed by atoms with Crippen LogP contribution in [0.15, 0.2) is 29.7 Å². The molecule has 1 aliphatic carbocycles. The molecule has 4 aromatic rings. The van der Waals surface area contributed by atoms with Gasteiger partial charge in [0.1, 0.15) is 54.9 Å². The molecule has 45 heavy (non-hydrogen) atoms. The van der Waals surface area contributed by atoms with Gasteiger partial charge in [0, 0.05) is 23.8 Å². The van der Waals surface area contributed by atoms with Crippen LogP contribution in [0.3, 0.4) is 0 Å². The number of ether oxygens (including phenoxy) is 2. The molecule has 2 saturated heterocycles. The highest BCUT2D eigenvalue weighted by molar-refractivity contribution is 8.07. The Kier molecular flexibility index (Phi) is 7.94. The lowest BCUT2D eigenvalue weighted by molar-refractivity contribution is -0.0542. The molecule has 6 heterocycles. The van der Waals surface area contributed by atoms with Crippen LogP contribution in [0.4, 0.5) is 11.8 Å². The number of anilines is 2. The maximum atomic E-state index is 13.1. The third kappa shape index (κ3) is 5.45. The monoisotopic (exact) mass is 684 g/mol. The molecule has 2 bridgehead atoms. The minimum atomic E-state index is -4.05. The van der Waals surface area contributed by atoms with E-state index >= 15 is 0 Å². The van der Waals surface area contributed by atoms with Crippen molar-refractivity contribution >= 4 is 60.7 Å². The number of hydrogen-bond donors (Lipinski definition) is 5. The summed E-state index contributed by atoms with van der Waals surface area (Å²) >= 11 is 5.41. The maximum Gasteiger partial charge on any atom is 0.697 e. The van der Waals surface area contributed by atoms with Crippen molar-refractivity contribution in [1.82, 2.24) is 34.1 Å². The van der Waals surface area contributed by atoms with Gasteiger partial charge in [-0.15, -0.1) is 9.05 Å². The number of nitrogens with two attached hydrogens (primary N) is 2. The van der Waals surface area contributed by atoms with E-state index in [0.717, 1.165) is 0 Å². The van der Waals surface area contributed by atoms with Crippen molar-refractivity contribution in [2.24, 2.45) is 5.92 Å². The number of aliphatic hydroxyl groups excluding tert-OH is 1. The molecule has 0 spiro atoms. The van der Waals surface area contributed by atoms with Gasteiger partial charge < -0.3 is 40.0 Å². The molecule has 0 amide bonds. The lowest BCUT2D eigenvalue weighted by Gasteiger charge is -2.28. The van der Waals surface area contributed by atoms with Crippen LogP contribution in [0.5, 0.6) is 0 Å². The average molecular weight is 685 g/mol. The molecule has 1 saturated carbocycles. The molecule has 2 unspecified atom stereocenters. The quantitative estimate of drug-likeness (QED) is 0.181. The van der Waals surface area contributed by atoms with Crippen molar-refractivity contribution < 1.29 is 42.1 Å². The fourth-order valence-corrected chi connectivity index (χ4v) is 8.44. The largest absolute Gasteiger partial charge is 0.697 e. The van der Waals surface area contributed by atoms with Gasteiger partial charge in [-0.1, -0.05) is 0 Å². The van der Waals surface area contributed by atoms with Gasteiger partial charge >= 0.3 is 15.0 Å². The molecule has 7 rings (SSSR count). The van der Waals surface area contributed by atoms with Gasteiger partial charge in [-0.3, -0.25) is 18.9 Å². The molecule has 3 fully saturated rings. The Labute approximate surface area is 259 Å². The van der Waals surface area contributed by atoms with E-state index < -0.39 is 69.2 Å². The van der Waals surface area contributed by atoms with Crippen LogP contribution in [-0.4, -0.2) is 94.9 Å². The molecule has 10 atom stereocenters. The molecule has 22 heteroatoms. The van der Waals surface area contributed by atoms with Gasteiger partial charge in [0.25, 0.3) is 5.56 Å². The number of nitrogens with zero attached hydrogens (tertiary/aromatic N) is 6. The molecule has 3 aliphatic rings. The molecule has 7 N–H and O–H groups in total. The average Bonchev–Trinajstić information content (AvgIpc) is 3.75. The molecule has 240 valence electrons. The van der Waals surface area contributed by atoms with Crippen LogP contribution < -0.4 is 17.0 Å². The summed E-state index contributed by atoms with van der Waals surface area (Å²) in [5.41, 5.74) is 11.7. The van der Waals surface area contributed by atoms with Crippen molar-refractivity contribution in [3.63, 3.8) is 0 Å². The smallest absolute Gasteiger partial charge is 0.388 e. The summed E-state index contributed by atoms with van der Waals surface area (Å²) in [4.78, 5) is 42.6. The van der Waals surface area contributed by atoms with E-state index in [-0.39, 0.29) is 42.6 Å². The van der Waals surface area contributed by atoms with Crippen LogP contribution in [0, 0.1) is 5.92 Å². The van der Waals surface area contributed by atoms with E-state index in [1.165, 1.54) is 24.3 Å². The normalized spacial score (nSPS) is 35.2. The number of aromatic amines is 1. The van der Waals surface area contributed by atoms with Crippen molar-refractivity contribution in [3.8, 4) is 0 Å². The van der Waals surface area contributed by atoms with Crippen LogP contribution >= 0.6 is 15.0 Å². The van der Waals surface area contributed by atoms with E-state index in [2.05, 4.69) is 24.9 Å². The Hall–Kier alpha value is -3.00. The Morgan fingerprint density at radius 1 is 1.20 bits per heavy atom. The first-order valence-electron chi connectivity index (χ1n) is 13.6. The zero-order valence-corrected chi connectivity index (χ0v) is 26.0. The summed E-state index contributed by atoms with van der Waals surface area (Å²) in [6.07, 6.45) is -1.73. The highest BCUT2D eigenvalue weighted by Crippen LogP contribution is 2.53. The molecule has 2 aliphatic heterocycles. The van der Waals surface area contributed by atoms with Crippen molar-refractivity contribution in [2.45, 2.75) is 49.2 Å². The van der Waals surface area contributed by atoms with Gasteiger partial charge in [-0.25, -0.2) is 15.0 Å². The summed E-state index contributed by atoms with van der Waals surface area (Å²) in [5.74, 6) is -0.487. The fourth-order valence-electron chi connectivity index (χ4n) is 6.16.